The number of hydrogen-bond donors (Lipinski definition) is 1. The summed E-state index contributed by atoms with van der Waals surface area (Å²) in [5.41, 5.74) is 0.396. The predicted octanol–water partition coefficient (Wildman–Crippen LogP) is 0.923. The van der Waals surface area contributed by atoms with Gasteiger partial charge in [0.2, 0.25) is 10.0 Å². The molecule has 0 bridgehead atoms. The third kappa shape index (κ3) is 3.64. The molecule has 2 rings (SSSR count). The Balaban J connectivity index is 2.24. The second kappa shape index (κ2) is 6.71. The molecule has 2 aromatic rings. The molecule has 1 N–H and O–H groups in total. The fraction of sp³-hybridized carbons (Fsp3) is 0.200. The molecule has 9 heteroatoms. The molecule has 0 radical (unpaired) electrons. The van der Waals surface area contributed by atoms with Crippen LogP contribution in [0, 0.1) is 6.92 Å². The normalized spacial score (nSPS) is 11.5. The van der Waals surface area contributed by atoms with Crippen LogP contribution in [0.5, 0.6) is 0 Å². The SMILES string of the molecule is Cc1sc(C(=O)Nc2ccc(C(=O)[O-])cc2)cc1S(=O)(=O)N(C)C. The maximum Gasteiger partial charge on any atom is 0.265 e. The Labute approximate surface area is 143 Å². The highest BCUT2D eigenvalue weighted by molar-refractivity contribution is 7.89. The molecule has 1 aromatic heterocycles. The summed E-state index contributed by atoms with van der Waals surface area (Å²) in [7, 11) is -0.773. The van der Waals surface area contributed by atoms with E-state index in [1.807, 2.05) is 0 Å². The summed E-state index contributed by atoms with van der Waals surface area (Å²) in [6.07, 6.45) is 0. The van der Waals surface area contributed by atoms with Crippen LogP contribution in [0.2, 0.25) is 0 Å². The number of nitrogens with one attached hydrogen (secondary N) is 1. The first-order chi connectivity index (χ1) is 11.1. The highest BCUT2D eigenvalue weighted by atomic mass is 32.2. The van der Waals surface area contributed by atoms with E-state index < -0.39 is 21.9 Å². The van der Waals surface area contributed by atoms with Crippen molar-refractivity contribution >= 4 is 38.9 Å². The van der Waals surface area contributed by atoms with Crippen molar-refractivity contribution in [1.82, 2.24) is 4.31 Å². The highest BCUT2D eigenvalue weighted by Crippen LogP contribution is 2.28. The Morgan fingerprint density at radius 2 is 1.75 bits per heavy atom. The lowest BCUT2D eigenvalue weighted by Crippen LogP contribution is -2.22. The molecule has 0 unspecified atom stereocenters. The van der Waals surface area contributed by atoms with E-state index in [0.717, 1.165) is 15.6 Å². The largest absolute Gasteiger partial charge is 0.545 e. The Morgan fingerprint density at radius 3 is 2.25 bits per heavy atom. The minimum atomic E-state index is -3.62. The second-order valence-electron chi connectivity index (χ2n) is 5.14. The quantitative estimate of drug-likeness (QED) is 0.846. The first-order valence-corrected chi connectivity index (χ1v) is 9.04. The number of aryl methyl sites for hydroxylation is 1. The third-order valence-corrected chi connectivity index (χ3v) is 6.35. The van der Waals surface area contributed by atoms with E-state index in [1.54, 1.807) is 6.92 Å². The smallest absolute Gasteiger partial charge is 0.265 e. The van der Waals surface area contributed by atoms with Gasteiger partial charge in [0.05, 0.1) is 15.7 Å². The molecular weight excluding hydrogens is 352 g/mol. The van der Waals surface area contributed by atoms with Crippen molar-refractivity contribution in [2.45, 2.75) is 11.8 Å². The zero-order chi connectivity index (χ0) is 18.1. The number of aromatic carboxylic acids is 1. The van der Waals surface area contributed by atoms with E-state index in [1.165, 1.54) is 44.4 Å². The number of hydrogen-bond acceptors (Lipinski definition) is 6. The van der Waals surface area contributed by atoms with Crippen molar-refractivity contribution in [3.8, 4) is 0 Å². The molecule has 0 aliphatic rings. The van der Waals surface area contributed by atoms with Crippen molar-refractivity contribution in [1.29, 1.82) is 0 Å². The second-order valence-corrected chi connectivity index (χ2v) is 8.51. The van der Waals surface area contributed by atoms with Crippen LogP contribution in [-0.4, -0.2) is 38.7 Å². The Kier molecular flexibility index (Phi) is 5.07. The highest BCUT2D eigenvalue weighted by Gasteiger charge is 2.24. The van der Waals surface area contributed by atoms with Gasteiger partial charge in [-0.05, 0) is 30.7 Å². The van der Waals surface area contributed by atoms with Crippen LogP contribution in [0.4, 0.5) is 5.69 Å². The van der Waals surface area contributed by atoms with Gasteiger partial charge in [-0.2, -0.15) is 0 Å². The number of carboxylic acids is 1. The number of rotatable bonds is 5. The summed E-state index contributed by atoms with van der Waals surface area (Å²) in [6, 6.07) is 6.82. The lowest BCUT2D eigenvalue weighted by Gasteiger charge is -2.10. The molecule has 0 fully saturated rings. The molecule has 0 spiro atoms. The summed E-state index contributed by atoms with van der Waals surface area (Å²) in [5, 5.41) is 13.3. The van der Waals surface area contributed by atoms with Crippen molar-refractivity contribution in [2.24, 2.45) is 0 Å². The molecule has 1 amide bonds. The number of carboxylic acid groups (broad SMARTS) is 1. The number of sulfonamides is 1. The lowest BCUT2D eigenvalue weighted by atomic mass is 10.2. The van der Waals surface area contributed by atoms with Crippen LogP contribution in [0.25, 0.3) is 0 Å². The van der Waals surface area contributed by atoms with E-state index in [-0.39, 0.29) is 15.3 Å². The van der Waals surface area contributed by atoms with Crippen molar-refractivity contribution in [3.05, 3.63) is 45.6 Å². The number of carbonyl (C=O) groups is 2. The Morgan fingerprint density at radius 1 is 1.17 bits per heavy atom. The maximum absolute atomic E-state index is 12.3. The summed E-state index contributed by atoms with van der Waals surface area (Å²) < 4.78 is 25.5. The number of thiophene rings is 1. The molecule has 0 saturated heterocycles. The molecule has 0 aliphatic carbocycles. The van der Waals surface area contributed by atoms with E-state index in [0.29, 0.717) is 10.6 Å². The number of nitrogens with zero attached hydrogens (tertiary/aromatic N) is 1. The van der Waals surface area contributed by atoms with E-state index >= 15 is 0 Å². The predicted molar refractivity (Wildman–Crippen MR) is 88.7 cm³/mol. The number of benzene rings is 1. The molecule has 7 nitrogen and oxygen atoms in total. The van der Waals surface area contributed by atoms with Gasteiger partial charge < -0.3 is 15.2 Å². The van der Waals surface area contributed by atoms with Crippen LogP contribution < -0.4 is 10.4 Å². The van der Waals surface area contributed by atoms with E-state index in [9.17, 15) is 23.1 Å². The van der Waals surface area contributed by atoms with Gasteiger partial charge in [0.15, 0.2) is 0 Å². The first-order valence-electron chi connectivity index (χ1n) is 6.78. The lowest BCUT2D eigenvalue weighted by molar-refractivity contribution is -0.255. The molecule has 0 saturated carbocycles. The fourth-order valence-corrected chi connectivity index (χ4v) is 4.26. The van der Waals surface area contributed by atoms with Crippen LogP contribution in [0.15, 0.2) is 35.2 Å². The van der Waals surface area contributed by atoms with Gasteiger partial charge in [0.25, 0.3) is 5.91 Å². The average molecular weight is 367 g/mol. The standard InChI is InChI=1S/C15H16N2O5S2/c1-9-13(24(21,22)17(2)3)8-12(23-9)14(18)16-11-6-4-10(5-7-11)15(19)20/h4-8H,1-3H3,(H,16,18)(H,19,20)/p-1. The zero-order valence-electron chi connectivity index (χ0n) is 13.2. The topological polar surface area (TPSA) is 107 Å². The van der Waals surface area contributed by atoms with Crippen LogP contribution >= 0.6 is 11.3 Å². The van der Waals surface area contributed by atoms with Crippen LogP contribution in [0.1, 0.15) is 24.9 Å². The third-order valence-electron chi connectivity index (χ3n) is 3.23. The fourth-order valence-electron chi connectivity index (χ4n) is 1.91. The molecule has 1 heterocycles. The first kappa shape index (κ1) is 18.1. The molecule has 128 valence electrons. The van der Waals surface area contributed by atoms with E-state index in [4.69, 9.17) is 0 Å². The van der Waals surface area contributed by atoms with Gasteiger partial charge >= 0.3 is 0 Å². The number of anilines is 1. The molecular formula is C15H15N2O5S2-. The van der Waals surface area contributed by atoms with Gasteiger partial charge in [-0.3, -0.25) is 4.79 Å². The molecule has 0 aliphatic heterocycles. The van der Waals surface area contributed by atoms with Gasteiger partial charge in [0, 0.05) is 24.7 Å². The van der Waals surface area contributed by atoms with Crippen molar-refractivity contribution in [2.75, 3.05) is 19.4 Å². The van der Waals surface area contributed by atoms with Gasteiger partial charge in [-0.25, -0.2) is 12.7 Å². The number of amides is 1. The minimum Gasteiger partial charge on any atom is -0.545 e. The van der Waals surface area contributed by atoms with Crippen LogP contribution in [-0.2, 0) is 10.0 Å². The van der Waals surface area contributed by atoms with E-state index in [2.05, 4.69) is 5.32 Å². The number of carbonyl (C=O) groups excluding carboxylic acids is 2. The van der Waals surface area contributed by atoms with Crippen molar-refractivity contribution < 1.29 is 23.1 Å². The van der Waals surface area contributed by atoms with Gasteiger partial charge in [-0.1, -0.05) is 12.1 Å². The Hall–Kier alpha value is -2.23. The molecule has 1 aromatic carbocycles. The zero-order valence-corrected chi connectivity index (χ0v) is 14.8. The maximum atomic E-state index is 12.3. The summed E-state index contributed by atoms with van der Waals surface area (Å²) >= 11 is 1.07. The summed E-state index contributed by atoms with van der Waals surface area (Å²) in [5.74, 6) is -1.77. The molecule has 0 atom stereocenters. The van der Waals surface area contributed by atoms with Crippen LogP contribution in [0.3, 0.4) is 0 Å². The Bertz CT molecular complexity index is 883. The minimum absolute atomic E-state index is 0.000621. The van der Waals surface area contributed by atoms with Gasteiger partial charge in [-0.15, -0.1) is 11.3 Å². The monoisotopic (exact) mass is 367 g/mol. The summed E-state index contributed by atoms with van der Waals surface area (Å²) in [4.78, 5) is 23.8. The van der Waals surface area contributed by atoms with Crippen molar-refractivity contribution in [3.63, 3.8) is 0 Å². The molecule has 24 heavy (non-hydrogen) atoms. The summed E-state index contributed by atoms with van der Waals surface area (Å²) in [6.45, 7) is 1.63. The van der Waals surface area contributed by atoms with Gasteiger partial charge in [0.1, 0.15) is 0 Å². The average Bonchev–Trinajstić information content (AvgIpc) is 2.90.